The summed E-state index contributed by atoms with van der Waals surface area (Å²) in [5.41, 5.74) is 1.53. The van der Waals surface area contributed by atoms with Crippen LogP contribution in [0.15, 0.2) is 11.6 Å². The minimum Gasteiger partial charge on any atom is -0.395 e. The fourth-order valence-corrected chi connectivity index (χ4v) is 1.60. The summed E-state index contributed by atoms with van der Waals surface area (Å²) in [5, 5.41) is 8.94. The van der Waals surface area contributed by atoms with Gasteiger partial charge in [-0.3, -0.25) is 4.90 Å². The van der Waals surface area contributed by atoms with Gasteiger partial charge in [0.1, 0.15) is 0 Å². The van der Waals surface area contributed by atoms with Crippen molar-refractivity contribution in [3.8, 4) is 0 Å². The molecule has 1 atom stereocenters. The SMILES string of the molecule is OC[C@@H]1CCCN1C/C=C/Cl. The number of hydrogen-bond acceptors (Lipinski definition) is 2. The minimum absolute atomic E-state index is 0.274. The average Bonchev–Trinajstić information content (AvgIpc) is 2.47. The zero-order valence-corrected chi connectivity index (χ0v) is 7.30. The Kier molecular flexibility index (Phi) is 3.91. The van der Waals surface area contributed by atoms with E-state index in [1.807, 2.05) is 6.08 Å². The molecule has 0 aromatic heterocycles. The number of nitrogens with zero attached hydrogens (tertiary/aromatic N) is 1. The molecule has 0 spiro atoms. The van der Waals surface area contributed by atoms with E-state index in [2.05, 4.69) is 4.90 Å². The zero-order chi connectivity index (χ0) is 8.10. The molecule has 1 saturated heterocycles. The van der Waals surface area contributed by atoms with Crippen molar-refractivity contribution in [3.05, 3.63) is 11.6 Å². The second kappa shape index (κ2) is 4.75. The van der Waals surface area contributed by atoms with Crippen molar-refractivity contribution in [2.24, 2.45) is 0 Å². The van der Waals surface area contributed by atoms with Crippen LogP contribution in [0.4, 0.5) is 0 Å². The minimum atomic E-state index is 0.274. The summed E-state index contributed by atoms with van der Waals surface area (Å²) in [6.45, 7) is 2.23. The largest absolute Gasteiger partial charge is 0.395 e. The number of likely N-dealkylation sites (tertiary alicyclic amines) is 1. The molecule has 64 valence electrons. The van der Waals surface area contributed by atoms with Crippen LogP contribution in [-0.4, -0.2) is 35.7 Å². The van der Waals surface area contributed by atoms with E-state index in [1.54, 1.807) is 0 Å². The molecule has 0 aliphatic carbocycles. The van der Waals surface area contributed by atoms with Gasteiger partial charge in [0.05, 0.1) is 6.61 Å². The summed E-state index contributed by atoms with van der Waals surface area (Å²) in [6.07, 6.45) is 4.23. The van der Waals surface area contributed by atoms with Crippen molar-refractivity contribution in [2.75, 3.05) is 19.7 Å². The first-order chi connectivity index (χ1) is 5.38. The maximum Gasteiger partial charge on any atom is 0.0587 e. The Morgan fingerprint density at radius 2 is 2.45 bits per heavy atom. The van der Waals surface area contributed by atoms with Gasteiger partial charge in [0.25, 0.3) is 0 Å². The Labute approximate surface area is 72.5 Å². The van der Waals surface area contributed by atoms with Gasteiger partial charge < -0.3 is 5.11 Å². The van der Waals surface area contributed by atoms with E-state index >= 15 is 0 Å². The first-order valence-corrected chi connectivity index (χ1v) is 4.42. The molecular weight excluding hydrogens is 162 g/mol. The predicted octanol–water partition coefficient (Wildman–Crippen LogP) is 1.20. The van der Waals surface area contributed by atoms with E-state index in [9.17, 15) is 0 Å². The molecular formula is C8H14ClNO. The summed E-state index contributed by atoms with van der Waals surface area (Å²) in [5.74, 6) is 0. The molecule has 1 N–H and O–H groups in total. The van der Waals surface area contributed by atoms with Gasteiger partial charge in [-0.25, -0.2) is 0 Å². The van der Waals surface area contributed by atoms with Crippen LogP contribution in [0.5, 0.6) is 0 Å². The monoisotopic (exact) mass is 175 g/mol. The lowest BCUT2D eigenvalue weighted by Gasteiger charge is -2.20. The molecule has 0 unspecified atom stereocenters. The van der Waals surface area contributed by atoms with Gasteiger partial charge in [0, 0.05) is 18.1 Å². The molecule has 0 bridgehead atoms. The van der Waals surface area contributed by atoms with E-state index in [1.165, 1.54) is 12.0 Å². The molecule has 1 fully saturated rings. The molecule has 0 aromatic rings. The zero-order valence-electron chi connectivity index (χ0n) is 6.54. The quantitative estimate of drug-likeness (QED) is 0.697. The molecule has 1 aliphatic heterocycles. The highest BCUT2D eigenvalue weighted by molar-refractivity contribution is 6.25. The Bertz CT molecular complexity index is 138. The summed E-state index contributed by atoms with van der Waals surface area (Å²) in [7, 11) is 0. The van der Waals surface area contributed by atoms with Crippen molar-refractivity contribution in [1.82, 2.24) is 4.90 Å². The first kappa shape index (κ1) is 9.04. The van der Waals surface area contributed by atoms with Gasteiger partial charge in [0.2, 0.25) is 0 Å². The standard InChI is InChI=1S/C8H14ClNO/c9-4-2-6-10-5-1-3-8(10)7-11/h2,4,8,11H,1,3,5-7H2/b4-2+/t8-/m0/s1. The van der Waals surface area contributed by atoms with E-state index < -0.39 is 0 Å². The summed E-state index contributed by atoms with van der Waals surface area (Å²) in [6, 6.07) is 0.364. The molecule has 1 rings (SSSR count). The van der Waals surface area contributed by atoms with Gasteiger partial charge in [-0.15, -0.1) is 0 Å². The Morgan fingerprint density at radius 3 is 3.09 bits per heavy atom. The molecule has 0 aromatic carbocycles. The van der Waals surface area contributed by atoms with Crippen molar-refractivity contribution in [3.63, 3.8) is 0 Å². The number of aliphatic hydroxyl groups excluding tert-OH is 1. The lowest BCUT2D eigenvalue weighted by molar-refractivity contribution is 0.170. The molecule has 3 heteroatoms. The van der Waals surface area contributed by atoms with E-state index in [0.29, 0.717) is 6.04 Å². The maximum absolute atomic E-state index is 8.94. The Hall–Kier alpha value is -0.0500. The molecule has 0 saturated carbocycles. The van der Waals surface area contributed by atoms with Gasteiger partial charge >= 0.3 is 0 Å². The maximum atomic E-state index is 8.94. The van der Waals surface area contributed by atoms with Gasteiger partial charge in [-0.2, -0.15) is 0 Å². The molecule has 2 nitrogen and oxygen atoms in total. The van der Waals surface area contributed by atoms with Crippen LogP contribution < -0.4 is 0 Å². The van der Waals surface area contributed by atoms with Crippen LogP contribution in [0.3, 0.4) is 0 Å². The Morgan fingerprint density at radius 1 is 1.64 bits per heavy atom. The molecule has 11 heavy (non-hydrogen) atoms. The number of rotatable bonds is 3. The van der Waals surface area contributed by atoms with Crippen LogP contribution in [0.1, 0.15) is 12.8 Å². The predicted molar refractivity (Wildman–Crippen MR) is 46.7 cm³/mol. The molecule has 1 aliphatic rings. The lowest BCUT2D eigenvalue weighted by atomic mass is 10.2. The third-order valence-electron chi connectivity index (χ3n) is 2.14. The molecule has 0 radical (unpaired) electrons. The highest BCUT2D eigenvalue weighted by Crippen LogP contribution is 2.15. The van der Waals surface area contributed by atoms with Gasteiger partial charge in [-0.1, -0.05) is 17.7 Å². The second-order valence-electron chi connectivity index (χ2n) is 2.84. The third-order valence-corrected chi connectivity index (χ3v) is 2.32. The smallest absolute Gasteiger partial charge is 0.0587 e. The average molecular weight is 176 g/mol. The van der Waals surface area contributed by atoms with Gasteiger partial charge in [0.15, 0.2) is 0 Å². The van der Waals surface area contributed by atoms with Gasteiger partial charge in [-0.05, 0) is 19.4 Å². The van der Waals surface area contributed by atoms with Crippen LogP contribution in [-0.2, 0) is 0 Å². The second-order valence-corrected chi connectivity index (χ2v) is 3.09. The fourth-order valence-electron chi connectivity index (χ4n) is 1.52. The lowest BCUT2D eigenvalue weighted by Crippen LogP contribution is -2.32. The van der Waals surface area contributed by atoms with Crippen molar-refractivity contribution >= 4 is 11.6 Å². The van der Waals surface area contributed by atoms with E-state index in [0.717, 1.165) is 19.5 Å². The van der Waals surface area contributed by atoms with Crippen LogP contribution >= 0.6 is 11.6 Å². The van der Waals surface area contributed by atoms with Crippen molar-refractivity contribution in [2.45, 2.75) is 18.9 Å². The van der Waals surface area contributed by atoms with Crippen LogP contribution in [0.2, 0.25) is 0 Å². The van der Waals surface area contributed by atoms with Crippen LogP contribution in [0, 0.1) is 0 Å². The Balaban J connectivity index is 2.31. The normalized spacial score (nSPS) is 26.9. The van der Waals surface area contributed by atoms with E-state index in [-0.39, 0.29) is 6.61 Å². The summed E-state index contributed by atoms with van der Waals surface area (Å²) >= 11 is 5.40. The molecule has 0 amide bonds. The van der Waals surface area contributed by atoms with Crippen molar-refractivity contribution < 1.29 is 5.11 Å². The summed E-state index contributed by atoms with van der Waals surface area (Å²) in [4.78, 5) is 2.25. The highest BCUT2D eigenvalue weighted by Gasteiger charge is 2.21. The molecule has 1 heterocycles. The summed E-state index contributed by atoms with van der Waals surface area (Å²) < 4.78 is 0. The third kappa shape index (κ3) is 2.47. The van der Waals surface area contributed by atoms with E-state index in [4.69, 9.17) is 16.7 Å². The van der Waals surface area contributed by atoms with Crippen molar-refractivity contribution in [1.29, 1.82) is 0 Å². The number of aliphatic hydroxyl groups is 1. The number of hydrogen-bond donors (Lipinski definition) is 1. The van der Waals surface area contributed by atoms with Crippen LogP contribution in [0.25, 0.3) is 0 Å². The topological polar surface area (TPSA) is 23.5 Å². The first-order valence-electron chi connectivity index (χ1n) is 3.98. The highest BCUT2D eigenvalue weighted by atomic mass is 35.5. The fraction of sp³-hybridized carbons (Fsp3) is 0.750. The number of halogens is 1.